The molecule has 4 aromatic rings. The molecule has 0 aliphatic carbocycles. The summed E-state index contributed by atoms with van der Waals surface area (Å²) in [7, 11) is 0. The molecule has 4 aromatic carbocycles. The molecule has 9 nitrogen and oxygen atoms in total. The molecule has 4 rings (SSSR count). The average molecular weight is 613 g/mol. The summed E-state index contributed by atoms with van der Waals surface area (Å²) in [5.74, 6) is -2.91. The van der Waals surface area contributed by atoms with E-state index in [-0.39, 0.29) is 17.0 Å². The summed E-state index contributed by atoms with van der Waals surface area (Å²) in [6.07, 6.45) is 1.25. The van der Waals surface area contributed by atoms with Gasteiger partial charge in [-0.25, -0.2) is 10.2 Å². The van der Waals surface area contributed by atoms with Crippen LogP contribution in [0, 0.1) is 13.8 Å². The number of esters is 1. The molecule has 0 atom stereocenters. The molecule has 0 spiro atoms. The number of carbonyl (C=O) groups is 4. The Hall–Kier alpha value is -5.09. The van der Waals surface area contributed by atoms with E-state index in [0.29, 0.717) is 21.3 Å². The standard InChI is InChI=1S/C31H25BrN4O5/c1-19-7-11-21(12-8-19)31(40)41-27-16-13-23(32)17-22(27)18-33-36-30(39)29(38)35-26-6-4-3-5-25(26)28(37)34-24-14-9-20(2)10-15-24/h3-18H,1-2H3,(H,34,37)(H,35,38)(H,36,39)/b33-18-. The Balaban J connectivity index is 1.40. The number of carbonyl (C=O) groups excluding carboxylic acids is 4. The molecule has 206 valence electrons. The molecule has 0 aliphatic rings. The Morgan fingerprint density at radius 2 is 1.44 bits per heavy atom. The zero-order valence-electron chi connectivity index (χ0n) is 22.1. The van der Waals surface area contributed by atoms with Gasteiger partial charge in [0.15, 0.2) is 0 Å². The molecule has 0 radical (unpaired) electrons. The van der Waals surface area contributed by atoms with Crippen LogP contribution >= 0.6 is 15.9 Å². The van der Waals surface area contributed by atoms with Crippen LogP contribution in [0.4, 0.5) is 11.4 Å². The molecule has 3 amide bonds. The highest BCUT2D eigenvalue weighted by atomic mass is 79.9. The molecule has 0 fully saturated rings. The van der Waals surface area contributed by atoms with Crippen molar-refractivity contribution in [3.05, 3.63) is 123 Å². The van der Waals surface area contributed by atoms with Gasteiger partial charge < -0.3 is 15.4 Å². The number of ether oxygens (including phenoxy) is 1. The third-order valence-electron chi connectivity index (χ3n) is 5.77. The van der Waals surface area contributed by atoms with Crippen molar-refractivity contribution in [2.45, 2.75) is 13.8 Å². The first-order valence-corrected chi connectivity index (χ1v) is 13.2. The van der Waals surface area contributed by atoms with Crippen LogP contribution in [0.3, 0.4) is 0 Å². The molecule has 10 heteroatoms. The largest absolute Gasteiger partial charge is 0.422 e. The van der Waals surface area contributed by atoms with Gasteiger partial charge in [0.05, 0.1) is 23.0 Å². The van der Waals surface area contributed by atoms with Gasteiger partial charge in [0.25, 0.3) is 5.91 Å². The predicted molar refractivity (Wildman–Crippen MR) is 160 cm³/mol. The number of hydrogen-bond acceptors (Lipinski definition) is 6. The second-order valence-corrected chi connectivity index (χ2v) is 9.87. The maximum Gasteiger partial charge on any atom is 0.343 e. The second-order valence-electron chi connectivity index (χ2n) is 8.96. The van der Waals surface area contributed by atoms with Crippen molar-refractivity contribution in [3.8, 4) is 5.75 Å². The normalized spacial score (nSPS) is 10.6. The van der Waals surface area contributed by atoms with Gasteiger partial charge in [0.2, 0.25) is 0 Å². The van der Waals surface area contributed by atoms with Gasteiger partial charge in [-0.3, -0.25) is 14.4 Å². The van der Waals surface area contributed by atoms with Crippen molar-refractivity contribution < 1.29 is 23.9 Å². The van der Waals surface area contributed by atoms with Crippen molar-refractivity contribution in [2.75, 3.05) is 10.6 Å². The van der Waals surface area contributed by atoms with Crippen LogP contribution in [-0.2, 0) is 9.59 Å². The lowest BCUT2D eigenvalue weighted by atomic mass is 10.1. The van der Waals surface area contributed by atoms with Crippen LogP contribution in [0.2, 0.25) is 0 Å². The third kappa shape index (κ3) is 7.96. The average Bonchev–Trinajstić information content (AvgIpc) is 2.96. The number of nitrogens with one attached hydrogen (secondary N) is 3. The zero-order chi connectivity index (χ0) is 29.4. The fraction of sp³-hybridized carbons (Fsp3) is 0.0645. The number of nitrogens with zero attached hydrogens (tertiary/aromatic N) is 1. The van der Waals surface area contributed by atoms with Gasteiger partial charge in [0, 0.05) is 15.7 Å². The summed E-state index contributed by atoms with van der Waals surface area (Å²) in [5.41, 5.74) is 5.86. The molecular formula is C31H25BrN4O5. The number of hydrazone groups is 1. The van der Waals surface area contributed by atoms with Crippen molar-refractivity contribution >= 4 is 57.2 Å². The Bertz CT molecular complexity index is 1630. The number of hydrogen-bond donors (Lipinski definition) is 3. The first-order valence-electron chi connectivity index (χ1n) is 12.4. The zero-order valence-corrected chi connectivity index (χ0v) is 23.7. The molecule has 0 aromatic heterocycles. The summed E-state index contributed by atoms with van der Waals surface area (Å²) in [4.78, 5) is 50.4. The molecule has 0 heterocycles. The number of halogens is 1. The molecule has 3 N–H and O–H groups in total. The number of amides is 3. The molecule has 41 heavy (non-hydrogen) atoms. The monoisotopic (exact) mass is 612 g/mol. The quantitative estimate of drug-likeness (QED) is 0.0820. The summed E-state index contributed by atoms with van der Waals surface area (Å²) in [6.45, 7) is 3.85. The Kier molecular flexibility index (Phi) is 9.39. The third-order valence-corrected chi connectivity index (χ3v) is 6.26. The molecule has 0 aliphatic heterocycles. The number of para-hydroxylation sites is 1. The molecule has 0 unspecified atom stereocenters. The predicted octanol–water partition coefficient (Wildman–Crippen LogP) is 5.63. The highest BCUT2D eigenvalue weighted by molar-refractivity contribution is 9.10. The topological polar surface area (TPSA) is 126 Å². The van der Waals surface area contributed by atoms with Crippen LogP contribution in [0.5, 0.6) is 5.75 Å². The van der Waals surface area contributed by atoms with Gasteiger partial charge >= 0.3 is 17.8 Å². The summed E-state index contributed by atoms with van der Waals surface area (Å²) in [5, 5.41) is 9.05. The second kappa shape index (κ2) is 13.3. The molecular weight excluding hydrogens is 588 g/mol. The fourth-order valence-electron chi connectivity index (χ4n) is 3.58. The number of anilines is 2. The maximum absolute atomic E-state index is 12.8. The van der Waals surface area contributed by atoms with Gasteiger partial charge in [0.1, 0.15) is 5.75 Å². The molecule has 0 saturated carbocycles. The van der Waals surface area contributed by atoms with Crippen molar-refractivity contribution in [3.63, 3.8) is 0 Å². The van der Waals surface area contributed by atoms with Crippen LogP contribution in [0.15, 0.2) is 101 Å². The van der Waals surface area contributed by atoms with Crippen molar-refractivity contribution in [2.24, 2.45) is 5.10 Å². The highest BCUT2D eigenvalue weighted by Crippen LogP contribution is 2.23. The smallest absolute Gasteiger partial charge is 0.343 e. The van der Waals surface area contributed by atoms with E-state index in [2.05, 4.69) is 37.1 Å². The van der Waals surface area contributed by atoms with Crippen LogP contribution in [-0.4, -0.2) is 29.9 Å². The minimum atomic E-state index is -1.07. The Morgan fingerprint density at radius 3 is 2.15 bits per heavy atom. The van der Waals surface area contributed by atoms with E-state index in [4.69, 9.17) is 4.74 Å². The van der Waals surface area contributed by atoms with Gasteiger partial charge in [-0.1, -0.05) is 63.5 Å². The van der Waals surface area contributed by atoms with E-state index in [1.54, 1.807) is 66.7 Å². The minimum Gasteiger partial charge on any atom is -0.422 e. The molecule has 0 saturated heterocycles. The first kappa shape index (κ1) is 28.9. The number of aryl methyl sites for hydroxylation is 2. The van der Waals surface area contributed by atoms with Crippen molar-refractivity contribution in [1.82, 2.24) is 5.43 Å². The van der Waals surface area contributed by atoms with E-state index in [9.17, 15) is 19.2 Å². The Morgan fingerprint density at radius 1 is 0.780 bits per heavy atom. The lowest BCUT2D eigenvalue weighted by molar-refractivity contribution is -0.136. The van der Waals surface area contributed by atoms with Gasteiger partial charge in [-0.05, 0) is 68.4 Å². The van der Waals surface area contributed by atoms with E-state index in [1.807, 2.05) is 26.0 Å². The van der Waals surface area contributed by atoms with E-state index in [1.165, 1.54) is 18.3 Å². The summed E-state index contributed by atoms with van der Waals surface area (Å²) in [6, 6.07) is 25.4. The summed E-state index contributed by atoms with van der Waals surface area (Å²) >= 11 is 3.35. The van der Waals surface area contributed by atoms with Gasteiger partial charge in [-0.2, -0.15) is 5.10 Å². The maximum atomic E-state index is 12.8. The Labute approximate surface area is 244 Å². The fourth-order valence-corrected chi connectivity index (χ4v) is 3.96. The number of rotatable bonds is 7. The summed E-state index contributed by atoms with van der Waals surface area (Å²) < 4.78 is 6.19. The highest BCUT2D eigenvalue weighted by Gasteiger charge is 2.18. The molecule has 0 bridgehead atoms. The van der Waals surface area contributed by atoms with E-state index in [0.717, 1.165) is 11.1 Å². The SMILES string of the molecule is Cc1ccc(NC(=O)c2ccccc2NC(=O)C(=O)N/N=C\c2cc(Br)ccc2OC(=O)c2ccc(C)cc2)cc1. The first-order chi connectivity index (χ1) is 19.7. The van der Waals surface area contributed by atoms with Crippen molar-refractivity contribution in [1.29, 1.82) is 0 Å². The number of benzene rings is 4. The van der Waals surface area contributed by atoms with E-state index < -0.39 is 23.7 Å². The van der Waals surface area contributed by atoms with Crippen LogP contribution in [0.1, 0.15) is 37.4 Å². The van der Waals surface area contributed by atoms with Crippen LogP contribution < -0.4 is 20.8 Å². The lowest BCUT2D eigenvalue weighted by Crippen LogP contribution is -2.33. The minimum absolute atomic E-state index is 0.151. The van der Waals surface area contributed by atoms with E-state index >= 15 is 0 Å². The lowest BCUT2D eigenvalue weighted by Gasteiger charge is -2.11. The van der Waals surface area contributed by atoms with Gasteiger partial charge in [-0.15, -0.1) is 0 Å². The van der Waals surface area contributed by atoms with Crippen LogP contribution in [0.25, 0.3) is 0 Å².